The zero-order chi connectivity index (χ0) is 43.2. The third-order valence-electron chi connectivity index (χ3n) is 12.6. The molecule has 13 aromatic rings. The maximum absolute atomic E-state index is 14.7. The Labute approximate surface area is 370 Å². The molecule has 65 heavy (non-hydrogen) atoms. The monoisotopic (exact) mass is 840 g/mol. The average molecular weight is 841 g/mol. The van der Waals surface area contributed by atoms with Crippen LogP contribution in [0, 0.1) is 11.6 Å². The van der Waals surface area contributed by atoms with Gasteiger partial charge in [-0.25, -0.2) is 23.7 Å². The molecule has 0 atom stereocenters. The molecule has 6 nitrogen and oxygen atoms in total. The summed E-state index contributed by atoms with van der Waals surface area (Å²) in [6.45, 7) is 0. The van der Waals surface area contributed by atoms with E-state index in [0.717, 1.165) is 99.2 Å². The molecule has 0 aliphatic heterocycles. The van der Waals surface area contributed by atoms with Gasteiger partial charge in [0.1, 0.15) is 11.6 Å². The second-order valence-electron chi connectivity index (χ2n) is 16.3. The Hall–Kier alpha value is -8.75. The van der Waals surface area contributed by atoms with E-state index in [-0.39, 0.29) is 11.6 Å². The second kappa shape index (κ2) is 14.4. The summed E-state index contributed by atoms with van der Waals surface area (Å²) in [4.78, 5) is 15.0. The van der Waals surface area contributed by atoms with E-state index in [1.807, 2.05) is 91.0 Å². The number of para-hydroxylation sites is 3. The molecule has 0 fully saturated rings. The highest BCUT2D eigenvalue weighted by molar-refractivity contribution is 6.40. The van der Waals surface area contributed by atoms with Crippen LogP contribution in [0.15, 0.2) is 206 Å². The predicted molar refractivity (Wildman–Crippen MR) is 259 cm³/mol. The van der Waals surface area contributed by atoms with Gasteiger partial charge in [-0.1, -0.05) is 115 Å². The highest BCUT2D eigenvalue weighted by Gasteiger charge is 2.29. The first-order chi connectivity index (χ1) is 32.1. The van der Waals surface area contributed by atoms with Crippen molar-refractivity contribution in [1.82, 2.24) is 28.7 Å². The normalized spacial score (nSPS) is 11.8. The Morgan fingerprint density at radius 3 is 0.892 bits per heavy atom. The number of halogens is 2. The SMILES string of the molecule is Fc1ccc(-n2c3ccccc3c3c2c2c4ccccc4n(-c4ccc(-c5nc(-c6ccccc6)nc(-c6ccccc6)n5)cc4)c2c2c4ccccc4n(-c4ccc(F)cc4)c32)cc1. The Bertz CT molecular complexity index is 3850. The molecule has 4 heterocycles. The van der Waals surface area contributed by atoms with Gasteiger partial charge in [-0.05, 0) is 91.0 Å². The number of fused-ring (bicyclic) bond motifs is 12. The minimum atomic E-state index is -0.303. The molecule has 4 aromatic heterocycles. The summed E-state index contributed by atoms with van der Waals surface area (Å²) in [5, 5.41) is 6.35. The molecule has 0 aliphatic carbocycles. The summed E-state index contributed by atoms with van der Waals surface area (Å²) in [5.41, 5.74) is 11.3. The quantitative estimate of drug-likeness (QED) is 0.168. The van der Waals surface area contributed by atoms with Crippen LogP contribution in [0.2, 0.25) is 0 Å². The maximum atomic E-state index is 14.7. The van der Waals surface area contributed by atoms with Crippen molar-refractivity contribution in [2.75, 3.05) is 0 Å². The van der Waals surface area contributed by atoms with Gasteiger partial charge in [0.2, 0.25) is 0 Å². The highest BCUT2D eigenvalue weighted by atomic mass is 19.1. The summed E-state index contributed by atoms with van der Waals surface area (Å²) in [7, 11) is 0. The largest absolute Gasteiger partial charge is 0.308 e. The van der Waals surface area contributed by atoms with Crippen LogP contribution in [-0.4, -0.2) is 28.7 Å². The van der Waals surface area contributed by atoms with E-state index in [9.17, 15) is 8.78 Å². The van der Waals surface area contributed by atoms with E-state index in [2.05, 4.69) is 105 Å². The van der Waals surface area contributed by atoms with Crippen molar-refractivity contribution in [3.8, 4) is 51.2 Å². The zero-order valence-corrected chi connectivity index (χ0v) is 34.6. The minimum absolute atomic E-state index is 0.303. The fourth-order valence-electron chi connectivity index (χ4n) is 9.83. The Morgan fingerprint density at radius 1 is 0.277 bits per heavy atom. The fraction of sp³-hybridized carbons (Fsp3) is 0. The van der Waals surface area contributed by atoms with Crippen molar-refractivity contribution in [2.24, 2.45) is 0 Å². The van der Waals surface area contributed by atoms with E-state index in [1.165, 1.54) is 24.3 Å². The number of hydrogen-bond acceptors (Lipinski definition) is 3. The van der Waals surface area contributed by atoms with Gasteiger partial charge in [0.25, 0.3) is 0 Å². The molecule has 0 spiro atoms. The first-order valence-corrected chi connectivity index (χ1v) is 21.5. The van der Waals surface area contributed by atoms with Crippen molar-refractivity contribution in [1.29, 1.82) is 0 Å². The molecule has 306 valence electrons. The topological polar surface area (TPSA) is 53.5 Å². The summed E-state index contributed by atoms with van der Waals surface area (Å²) in [5.74, 6) is 1.16. The molecule has 0 unspecified atom stereocenters. The molecule has 0 bridgehead atoms. The molecule has 0 saturated carbocycles. The summed E-state index contributed by atoms with van der Waals surface area (Å²) in [6, 6.07) is 67.3. The summed E-state index contributed by atoms with van der Waals surface area (Å²) in [6.07, 6.45) is 0. The van der Waals surface area contributed by atoms with Crippen LogP contribution in [-0.2, 0) is 0 Å². The van der Waals surface area contributed by atoms with Gasteiger partial charge in [0.15, 0.2) is 17.5 Å². The lowest BCUT2D eigenvalue weighted by atomic mass is 10.0. The van der Waals surface area contributed by atoms with Crippen LogP contribution in [0.4, 0.5) is 8.78 Å². The van der Waals surface area contributed by atoms with Crippen LogP contribution in [0.1, 0.15) is 0 Å². The van der Waals surface area contributed by atoms with Gasteiger partial charge in [-0.3, -0.25) is 0 Å². The molecule has 0 saturated heterocycles. The van der Waals surface area contributed by atoms with Crippen molar-refractivity contribution in [2.45, 2.75) is 0 Å². The van der Waals surface area contributed by atoms with Crippen molar-refractivity contribution in [3.63, 3.8) is 0 Å². The smallest absolute Gasteiger partial charge is 0.164 e. The molecule has 13 rings (SSSR count). The average Bonchev–Trinajstić information content (AvgIpc) is 4.01. The molecule has 9 aromatic carbocycles. The van der Waals surface area contributed by atoms with Crippen molar-refractivity contribution in [3.05, 3.63) is 218 Å². The minimum Gasteiger partial charge on any atom is -0.308 e. The fourth-order valence-corrected chi connectivity index (χ4v) is 9.83. The predicted octanol–water partition coefficient (Wildman–Crippen LogP) is 14.4. The highest BCUT2D eigenvalue weighted by Crippen LogP contribution is 2.50. The zero-order valence-electron chi connectivity index (χ0n) is 34.6. The maximum Gasteiger partial charge on any atom is 0.164 e. The first kappa shape index (κ1) is 36.9. The molecule has 0 aliphatic rings. The van der Waals surface area contributed by atoms with E-state index >= 15 is 0 Å². The first-order valence-electron chi connectivity index (χ1n) is 21.5. The second-order valence-corrected chi connectivity index (χ2v) is 16.3. The van der Waals surface area contributed by atoms with Gasteiger partial charge < -0.3 is 13.7 Å². The molecular formula is C57H34F2N6. The lowest BCUT2D eigenvalue weighted by Crippen LogP contribution is -2.00. The molecule has 0 N–H and O–H groups in total. The molecular weight excluding hydrogens is 807 g/mol. The van der Waals surface area contributed by atoms with Gasteiger partial charge >= 0.3 is 0 Å². The Kier molecular flexibility index (Phi) is 8.17. The third-order valence-corrected chi connectivity index (χ3v) is 12.6. The Morgan fingerprint density at radius 2 is 0.554 bits per heavy atom. The lowest BCUT2D eigenvalue weighted by molar-refractivity contribution is 0.627. The van der Waals surface area contributed by atoms with E-state index in [1.54, 1.807) is 0 Å². The van der Waals surface area contributed by atoms with Crippen molar-refractivity contribution < 1.29 is 8.78 Å². The number of benzene rings is 9. The van der Waals surface area contributed by atoms with Crippen molar-refractivity contribution >= 4 is 65.4 Å². The van der Waals surface area contributed by atoms with Gasteiger partial charge in [0, 0.05) is 66.1 Å². The number of rotatable bonds is 6. The third kappa shape index (κ3) is 5.67. The van der Waals surface area contributed by atoms with E-state index in [4.69, 9.17) is 15.0 Å². The molecule has 0 amide bonds. The number of nitrogens with zero attached hydrogens (tertiary/aromatic N) is 6. The van der Waals surface area contributed by atoms with Crippen LogP contribution >= 0.6 is 0 Å². The standard InChI is InChI=1S/C57H34F2N6/c58-38-25-31-41(32-26-38)64-47-21-11-8-18-44(47)50-52-49(53-51(54(50)64)45-19-9-12-22-48(45)65(53)42-33-27-39(59)28-34-42)43-17-7-10-20-46(43)63(52)40-29-23-37(24-30-40)57-61-55(35-13-3-1-4-14-35)60-56(62-57)36-15-5-2-6-16-36/h1-34H. The van der Waals surface area contributed by atoms with Gasteiger partial charge in [0.05, 0.1) is 33.1 Å². The Balaban J connectivity index is 1.16. The summed E-state index contributed by atoms with van der Waals surface area (Å²) >= 11 is 0. The lowest BCUT2D eigenvalue weighted by Gasteiger charge is -2.14. The van der Waals surface area contributed by atoms with Gasteiger partial charge in [-0.15, -0.1) is 0 Å². The van der Waals surface area contributed by atoms with E-state index < -0.39 is 0 Å². The number of hydrogen-bond donors (Lipinski definition) is 0. The van der Waals surface area contributed by atoms with Crippen LogP contribution in [0.5, 0.6) is 0 Å². The molecule has 0 radical (unpaired) electrons. The van der Waals surface area contributed by atoms with Crippen LogP contribution in [0.3, 0.4) is 0 Å². The van der Waals surface area contributed by atoms with E-state index in [0.29, 0.717) is 17.5 Å². The van der Waals surface area contributed by atoms with Crippen LogP contribution < -0.4 is 0 Å². The van der Waals surface area contributed by atoms with Gasteiger partial charge in [-0.2, -0.15) is 0 Å². The number of aromatic nitrogens is 6. The molecule has 8 heteroatoms. The summed E-state index contributed by atoms with van der Waals surface area (Å²) < 4.78 is 36.3. The van der Waals surface area contributed by atoms with Crippen LogP contribution in [0.25, 0.3) is 117 Å².